The smallest absolute Gasteiger partial charge is 0.482 e. The van der Waals surface area contributed by atoms with E-state index in [0.29, 0.717) is 11.3 Å². The molecule has 170 valence electrons. The quantitative estimate of drug-likeness (QED) is 0.427. The van der Waals surface area contributed by atoms with Gasteiger partial charge in [0, 0.05) is 13.2 Å². The van der Waals surface area contributed by atoms with Crippen molar-refractivity contribution in [2.24, 2.45) is 0 Å². The van der Waals surface area contributed by atoms with Gasteiger partial charge in [0.2, 0.25) is 0 Å². The fourth-order valence-corrected chi connectivity index (χ4v) is 3.80. The molecule has 0 aliphatic carbocycles. The van der Waals surface area contributed by atoms with E-state index in [1.807, 2.05) is 0 Å². The number of alkyl halides is 6. The standard InChI is InChI=1S/C14H15F6N3O5S2/c1-8(23(7-27-2)30(25,26)14(18,19)20)5-28-11-3-9(10(4-21)29-11)12(24)22-6-13(15,16)17/h3,8H,5-7H2,1-2H3,(H,22,24)/t8-/m0/s1. The predicted molar refractivity (Wildman–Crippen MR) is 91.1 cm³/mol. The minimum Gasteiger partial charge on any atom is -0.482 e. The van der Waals surface area contributed by atoms with Crippen LogP contribution in [0.15, 0.2) is 6.07 Å². The summed E-state index contributed by atoms with van der Waals surface area (Å²) in [5.74, 6) is -1.20. The summed E-state index contributed by atoms with van der Waals surface area (Å²) in [7, 11) is -4.76. The second kappa shape index (κ2) is 9.81. The largest absolute Gasteiger partial charge is 0.511 e. The highest BCUT2D eigenvalue weighted by Crippen LogP contribution is 2.31. The van der Waals surface area contributed by atoms with Gasteiger partial charge < -0.3 is 14.8 Å². The number of nitriles is 1. The number of nitrogens with one attached hydrogen (secondary N) is 1. The first-order chi connectivity index (χ1) is 13.6. The molecular formula is C14H15F6N3O5S2. The van der Waals surface area contributed by atoms with E-state index in [4.69, 9.17) is 10.00 Å². The first-order valence-electron chi connectivity index (χ1n) is 7.72. The molecule has 1 N–H and O–H groups in total. The first-order valence-corrected chi connectivity index (χ1v) is 9.98. The minimum atomic E-state index is -5.74. The van der Waals surface area contributed by atoms with E-state index in [9.17, 15) is 39.6 Å². The van der Waals surface area contributed by atoms with Gasteiger partial charge in [0.15, 0.2) is 5.06 Å². The summed E-state index contributed by atoms with van der Waals surface area (Å²) in [5.41, 5.74) is -6.01. The summed E-state index contributed by atoms with van der Waals surface area (Å²) in [5, 5.41) is 10.4. The molecule has 1 heterocycles. The number of carbonyl (C=O) groups is 1. The predicted octanol–water partition coefficient (Wildman–Crippen LogP) is 2.43. The van der Waals surface area contributed by atoms with Crippen LogP contribution in [0.25, 0.3) is 0 Å². The Hall–Kier alpha value is -2.09. The Morgan fingerprint density at radius 1 is 1.33 bits per heavy atom. The van der Waals surface area contributed by atoms with Crippen LogP contribution in [0.1, 0.15) is 22.2 Å². The second-order valence-electron chi connectivity index (χ2n) is 5.63. The van der Waals surface area contributed by atoms with Crippen molar-refractivity contribution in [1.29, 1.82) is 5.26 Å². The highest BCUT2D eigenvalue weighted by Gasteiger charge is 2.51. The molecule has 1 aromatic heterocycles. The van der Waals surface area contributed by atoms with Crippen LogP contribution in [-0.2, 0) is 14.8 Å². The minimum absolute atomic E-state index is 0.00274. The monoisotopic (exact) mass is 483 g/mol. The number of thiophene rings is 1. The molecular weight excluding hydrogens is 468 g/mol. The van der Waals surface area contributed by atoms with Crippen molar-refractivity contribution in [1.82, 2.24) is 9.62 Å². The lowest BCUT2D eigenvalue weighted by Gasteiger charge is -2.27. The van der Waals surface area contributed by atoms with Crippen LogP contribution in [0.4, 0.5) is 26.3 Å². The summed E-state index contributed by atoms with van der Waals surface area (Å²) in [4.78, 5) is 11.5. The fraction of sp³-hybridized carbons (Fsp3) is 0.571. The molecule has 0 fully saturated rings. The van der Waals surface area contributed by atoms with Crippen molar-refractivity contribution in [2.45, 2.75) is 24.7 Å². The molecule has 0 aliphatic rings. The van der Waals surface area contributed by atoms with Crippen molar-refractivity contribution in [3.63, 3.8) is 0 Å². The average Bonchev–Trinajstić information content (AvgIpc) is 3.03. The van der Waals surface area contributed by atoms with E-state index in [0.717, 1.165) is 20.1 Å². The summed E-state index contributed by atoms with van der Waals surface area (Å²) in [6.45, 7) is -2.10. The van der Waals surface area contributed by atoms with Gasteiger partial charge in [-0.05, 0) is 6.92 Å². The Balaban J connectivity index is 2.95. The number of hydrogen-bond acceptors (Lipinski definition) is 7. The Morgan fingerprint density at radius 3 is 2.40 bits per heavy atom. The number of carbonyl (C=O) groups excluding carboxylic acids is 1. The summed E-state index contributed by atoms with van der Waals surface area (Å²) in [6, 6.07) is 1.14. The molecule has 0 bridgehead atoms. The van der Waals surface area contributed by atoms with Gasteiger partial charge in [-0.2, -0.15) is 35.9 Å². The van der Waals surface area contributed by atoms with Crippen LogP contribution in [0.5, 0.6) is 5.06 Å². The number of nitrogens with zero attached hydrogens (tertiary/aromatic N) is 2. The number of halogens is 6. The SMILES string of the molecule is COCN([C@@H](C)COc1cc(C(=O)NCC(F)(F)F)c(C#N)s1)S(=O)(=O)C(F)(F)F. The number of ether oxygens (including phenoxy) is 2. The number of methoxy groups -OCH3 is 1. The molecule has 0 radical (unpaired) electrons. The maximum absolute atomic E-state index is 12.8. The van der Waals surface area contributed by atoms with E-state index in [1.54, 1.807) is 11.4 Å². The van der Waals surface area contributed by atoms with Crippen LogP contribution in [0, 0.1) is 11.3 Å². The van der Waals surface area contributed by atoms with E-state index in [-0.39, 0.29) is 14.2 Å². The first kappa shape index (κ1) is 25.9. The maximum Gasteiger partial charge on any atom is 0.511 e. The van der Waals surface area contributed by atoms with Gasteiger partial charge in [0.25, 0.3) is 5.91 Å². The zero-order chi connectivity index (χ0) is 23.3. The van der Waals surface area contributed by atoms with Crippen molar-refractivity contribution < 1.29 is 49.0 Å². The van der Waals surface area contributed by atoms with Gasteiger partial charge >= 0.3 is 21.7 Å². The molecule has 0 aliphatic heterocycles. The van der Waals surface area contributed by atoms with Crippen molar-refractivity contribution in [3.05, 3.63) is 16.5 Å². The average molecular weight is 483 g/mol. The van der Waals surface area contributed by atoms with Gasteiger partial charge in [-0.15, -0.1) is 0 Å². The lowest BCUT2D eigenvalue weighted by molar-refractivity contribution is -0.123. The van der Waals surface area contributed by atoms with E-state index >= 15 is 0 Å². The van der Waals surface area contributed by atoms with Crippen molar-refractivity contribution in [2.75, 3.05) is 27.0 Å². The second-order valence-corrected chi connectivity index (χ2v) is 8.53. The Morgan fingerprint density at radius 2 is 1.93 bits per heavy atom. The molecule has 0 saturated heterocycles. The molecule has 30 heavy (non-hydrogen) atoms. The van der Waals surface area contributed by atoms with Crippen LogP contribution < -0.4 is 10.1 Å². The lowest BCUT2D eigenvalue weighted by Crippen LogP contribution is -2.48. The third-order valence-electron chi connectivity index (χ3n) is 3.32. The maximum atomic E-state index is 12.8. The normalized spacial score (nSPS) is 13.7. The van der Waals surface area contributed by atoms with E-state index in [2.05, 4.69) is 4.74 Å². The van der Waals surface area contributed by atoms with E-state index < -0.39 is 59.1 Å². The number of rotatable bonds is 9. The number of amides is 1. The van der Waals surface area contributed by atoms with Gasteiger partial charge in [0.05, 0.1) is 11.6 Å². The van der Waals surface area contributed by atoms with Gasteiger partial charge in [-0.3, -0.25) is 4.79 Å². The molecule has 1 rings (SSSR count). The highest BCUT2D eigenvalue weighted by atomic mass is 32.2. The molecule has 0 saturated carbocycles. The van der Waals surface area contributed by atoms with Gasteiger partial charge in [-0.25, -0.2) is 8.42 Å². The van der Waals surface area contributed by atoms with Gasteiger partial charge in [0.1, 0.15) is 30.8 Å². The lowest BCUT2D eigenvalue weighted by atomic mass is 10.2. The third-order valence-corrected chi connectivity index (χ3v) is 5.94. The molecule has 16 heteroatoms. The fourth-order valence-electron chi connectivity index (χ4n) is 1.95. The van der Waals surface area contributed by atoms with E-state index in [1.165, 1.54) is 0 Å². The Labute approximate surface area is 171 Å². The van der Waals surface area contributed by atoms with Crippen molar-refractivity contribution >= 4 is 27.3 Å². The molecule has 0 spiro atoms. The van der Waals surface area contributed by atoms with Crippen LogP contribution in [0.2, 0.25) is 0 Å². The summed E-state index contributed by atoms with van der Waals surface area (Å²) in [6.07, 6.45) is -4.68. The number of sulfonamides is 1. The van der Waals surface area contributed by atoms with Gasteiger partial charge in [-0.1, -0.05) is 11.3 Å². The summed E-state index contributed by atoms with van der Waals surface area (Å²) >= 11 is 0.554. The van der Waals surface area contributed by atoms with Crippen molar-refractivity contribution in [3.8, 4) is 11.1 Å². The third kappa shape index (κ3) is 6.72. The Kier molecular flexibility index (Phi) is 8.49. The zero-order valence-corrected chi connectivity index (χ0v) is 16.9. The topological polar surface area (TPSA) is 109 Å². The zero-order valence-electron chi connectivity index (χ0n) is 15.3. The Bertz CT molecular complexity index is 891. The highest BCUT2D eigenvalue weighted by molar-refractivity contribution is 7.90. The molecule has 0 aromatic carbocycles. The molecule has 0 unspecified atom stereocenters. The molecule has 8 nitrogen and oxygen atoms in total. The molecule has 1 aromatic rings. The number of hydrogen-bond donors (Lipinski definition) is 1. The van der Waals surface area contributed by atoms with Crippen LogP contribution in [-0.4, -0.2) is 63.3 Å². The van der Waals surface area contributed by atoms with Crippen LogP contribution >= 0.6 is 11.3 Å². The molecule has 1 amide bonds. The summed E-state index contributed by atoms with van der Waals surface area (Å²) < 4.78 is 108. The van der Waals surface area contributed by atoms with Crippen LogP contribution in [0.3, 0.4) is 0 Å². The molecule has 1 atom stereocenters.